The third-order valence-corrected chi connectivity index (χ3v) is 5.01. The summed E-state index contributed by atoms with van der Waals surface area (Å²) >= 11 is 0. The highest BCUT2D eigenvalue weighted by Crippen LogP contribution is 2.44. The number of carboxylic acids is 1. The quantitative estimate of drug-likeness (QED) is 0.545. The van der Waals surface area contributed by atoms with Crippen LogP contribution in [0.15, 0.2) is 6.20 Å². The highest BCUT2D eigenvalue weighted by molar-refractivity contribution is 6.03. The van der Waals surface area contributed by atoms with Gasteiger partial charge in [0.25, 0.3) is 5.91 Å². The number of nitrogens with one attached hydrogen (secondary N) is 2. The predicted octanol–water partition coefficient (Wildman–Crippen LogP) is 0.0959. The molecule has 0 aromatic carbocycles. The highest BCUT2D eigenvalue weighted by atomic mass is 16.5. The molecule has 4 atom stereocenters. The van der Waals surface area contributed by atoms with Gasteiger partial charge < -0.3 is 25.2 Å². The molecule has 3 N–H and O–H groups in total. The smallest absolute Gasteiger partial charge is 0.310 e. The van der Waals surface area contributed by atoms with Crippen molar-refractivity contribution in [3.8, 4) is 0 Å². The first-order valence-electron chi connectivity index (χ1n) is 9.00. The van der Waals surface area contributed by atoms with Gasteiger partial charge in [0.15, 0.2) is 5.69 Å². The number of carbonyl (C=O) groups is 3. The average Bonchev–Trinajstić information content (AvgIpc) is 3.35. The Balaban J connectivity index is 1.76. The van der Waals surface area contributed by atoms with Crippen LogP contribution in [0, 0.1) is 11.8 Å². The summed E-state index contributed by atoms with van der Waals surface area (Å²) in [4.78, 5) is 36.7. The van der Waals surface area contributed by atoms with Crippen LogP contribution in [0.25, 0.3) is 0 Å². The number of ether oxygens (including phenoxy) is 2. The molecule has 3 heterocycles. The summed E-state index contributed by atoms with van der Waals surface area (Å²) in [5, 5.41) is 19.0. The first kappa shape index (κ1) is 19.3. The molecule has 27 heavy (non-hydrogen) atoms. The fraction of sp³-hybridized carbons (Fsp3) is 0.647. The number of fused-ring (bicyclic) bond motifs is 2. The number of anilines is 1. The molecule has 2 bridgehead atoms. The number of rotatable bonds is 8. The van der Waals surface area contributed by atoms with Gasteiger partial charge in [-0.25, -0.2) is 0 Å². The molecule has 10 nitrogen and oxygen atoms in total. The molecule has 0 unspecified atom stereocenters. The number of nitrogens with zero attached hydrogens (tertiary/aromatic N) is 2. The van der Waals surface area contributed by atoms with E-state index in [4.69, 9.17) is 9.47 Å². The zero-order valence-corrected chi connectivity index (χ0v) is 15.3. The second-order valence-electron chi connectivity index (χ2n) is 6.67. The highest BCUT2D eigenvalue weighted by Gasteiger charge is 2.55. The molecule has 10 heteroatoms. The van der Waals surface area contributed by atoms with E-state index in [0.717, 1.165) is 0 Å². The summed E-state index contributed by atoms with van der Waals surface area (Å²) in [7, 11) is 1.53. The van der Waals surface area contributed by atoms with Crippen LogP contribution in [-0.4, -0.2) is 65.1 Å². The van der Waals surface area contributed by atoms with Crippen LogP contribution >= 0.6 is 0 Å². The molecule has 0 saturated carbocycles. The SMILES string of the molecule is CCn1cc(NC(=O)[C@@H]2[C@@H](C(=O)O)[C@@H]3CC[C@H]2O3)c(C(=O)NCCOC)n1. The molecule has 0 radical (unpaired) electrons. The fourth-order valence-electron chi connectivity index (χ4n) is 3.73. The Morgan fingerprint density at radius 2 is 2.04 bits per heavy atom. The van der Waals surface area contributed by atoms with Crippen molar-refractivity contribution < 1.29 is 29.0 Å². The Kier molecular flexibility index (Phi) is 5.76. The summed E-state index contributed by atoms with van der Waals surface area (Å²) in [5.41, 5.74) is 0.334. The molecule has 0 spiro atoms. The Hall–Kier alpha value is -2.46. The second kappa shape index (κ2) is 8.05. The molecule has 2 saturated heterocycles. The van der Waals surface area contributed by atoms with E-state index in [9.17, 15) is 19.5 Å². The number of methoxy groups -OCH3 is 1. The van der Waals surface area contributed by atoms with Crippen LogP contribution < -0.4 is 10.6 Å². The van der Waals surface area contributed by atoms with Gasteiger partial charge in [0.05, 0.1) is 36.3 Å². The fourth-order valence-corrected chi connectivity index (χ4v) is 3.73. The van der Waals surface area contributed by atoms with Crippen molar-refractivity contribution in [2.75, 3.05) is 25.6 Å². The lowest BCUT2D eigenvalue weighted by molar-refractivity contribution is -0.147. The summed E-state index contributed by atoms with van der Waals surface area (Å²) in [6.07, 6.45) is 2.03. The molecular formula is C17H24N4O6. The summed E-state index contributed by atoms with van der Waals surface area (Å²) in [5.74, 6) is -3.59. The zero-order valence-electron chi connectivity index (χ0n) is 15.3. The molecule has 3 rings (SSSR count). The number of carbonyl (C=O) groups excluding carboxylic acids is 2. The number of aryl methyl sites for hydroxylation is 1. The van der Waals surface area contributed by atoms with Gasteiger partial charge in [0.2, 0.25) is 5.91 Å². The molecule has 2 fully saturated rings. The van der Waals surface area contributed by atoms with E-state index >= 15 is 0 Å². The van der Waals surface area contributed by atoms with E-state index in [2.05, 4.69) is 15.7 Å². The van der Waals surface area contributed by atoms with E-state index in [1.807, 2.05) is 6.92 Å². The molecule has 2 amide bonds. The minimum Gasteiger partial charge on any atom is -0.481 e. The number of aromatic nitrogens is 2. The lowest BCUT2D eigenvalue weighted by Gasteiger charge is -2.23. The van der Waals surface area contributed by atoms with Gasteiger partial charge >= 0.3 is 5.97 Å². The van der Waals surface area contributed by atoms with Crippen LogP contribution in [-0.2, 0) is 25.6 Å². The van der Waals surface area contributed by atoms with Crippen molar-refractivity contribution in [2.24, 2.45) is 11.8 Å². The van der Waals surface area contributed by atoms with E-state index < -0.39 is 41.8 Å². The second-order valence-corrected chi connectivity index (χ2v) is 6.67. The number of hydrogen-bond donors (Lipinski definition) is 3. The predicted molar refractivity (Wildman–Crippen MR) is 93.3 cm³/mol. The van der Waals surface area contributed by atoms with Gasteiger partial charge in [-0.2, -0.15) is 5.10 Å². The van der Waals surface area contributed by atoms with Crippen molar-refractivity contribution >= 4 is 23.5 Å². The van der Waals surface area contributed by atoms with Crippen LogP contribution in [0.1, 0.15) is 30.3 Å². The van der Waals surface area contributed by atoms with Gasteiger partial charge in [-0.3, -0.25) is 19.1 Å². The largest absolute Gasteiger partial charge is 0.481 e. The molecule has 2 aliphatic heterocycles. The van der Waals surface area contributed by atoms with Gasteiger partial charge in [-0.1, -0.05) is 0 Å². The van der Waals surface area contributed by atoms with Crippen LogP contribution in [0.2, 0.25) is 0 Å². The molecule has 1 aromatic heterocycles. The topological polar surface area (TPSA) is 132 Å². The lowest BCUT2D eigenvalue weighted by Crippen LogP contribution is -2.41. The number of aliphatic carboxylic acids is 1. The van der Waals surface area contributed by atoms with Crippen LogP contribution in [0.5, 0.6) is 0 Å². The van der Waals surface area contributed by atoms with Gasteiger partial charge in [-0.05, 0) is 19.8 Å². The number of amides is 2. The molecule has 148 valence electrons. The third-order valence-electron chi connectivity index (χ3n) is 5.01. The first-order chi connectivity index (χ1) is 13.0. The standard InChI is InChI=1S/C17H24N4O6/c1-3-21-8-9(14(20-21)16(23)18-6-7-26-2)19-15(22)12-10-4-5-11(27-10)13(12)17(24)25/h8,10-13H,3-7H2,1-2H3,(H,18,23)(H,19,22)(H,24,25)/t10-,11+,12+,13+/m1/s1. The maximum absolute atomic E-state index is 12.8. The molecule has 1 aromatic rings. The van der Waals surface area contributed by atoms with Crippen LogP contribution in [0.4, 0.5) is 5.69 Å². The normalized spacial score (nSPS) is 26.1. The van der Waals surface area contributed by atoms with Crippen LogP contribution in [0.3, 0.4) is 0 Å². The summed E-state index contributed by atoms with van der Waals surface area (Å²) in [6.45, 7) is 3.03. The summed E-state index contributed by atoms with van der Waals surface area (Å²) < 4.78 is 12.1. The minimum absolute atomic E-state index is 0.0808. The van der Waals surface area contributed by atoms with Crippen molar-refractivity contribution in [1.82, 2.24) is 15.1 Å². The van der Waals surface area contributed by atoms with Crippen molar-refractivity contribution in [3.05, 3.63) is 11.9 Å². The van der Waals surface area contributed by atoms with Gasteiger partial charge in [0.1, 0.15) is 0 Å². The van der Waals surface area contributed by atoms with Crippen molar-refractivity contribution in [1.29, 1.82) is 0 Å². The Bertz CT molecular complexity index is 733. The van der Waals surface area contributed by atoms with Crippen molar-refractivity contribution in [2.45, 2.75) is 38.5 Å². The van der Waals surface area contributed by atoms with E-state index in [1.54, 1.807) is 6.20 Å². The number of hydrogen-bond acceptors (Lipinski definition) is 6. The van der Waals surface area contributed by atoms with Gasteiger partial charge in [0, 0.05) is 26.4 Å². The lowest BCUT2D eigenvalue weighted by atomic mass is 9.78. The van der Waals surface area contributed by atoms with E-state index in [0.29, 0.717) is 32.5 Å². The zero-order chi connectivity index (χ0) is 19.6. The Morgan fingerprint density at radius 3 is 2.67 bits per heavy atom. The van der Waals surface area contributed by atoms with E-state index in [-0.39, 0.29) is 11.4 Å². The van der Waals surface area contributed by atoms with Crippen molar-refractivity contribution in [3.63, 3.8) is 0 Å². The first-order valence-corrected chi connectivity index (χ1v) is 9.00. The Morgan fingerprint density at radius 1 is 1.33 bits per heavy atom. The maximum Gasteiger partial charge on any atom is 0.310 e. The maximum atomic E-state index is 12.8. The third kappa shape index (κ3) is 3.81. The van der Waals surface area contributed by atoms with E-state index in [1.165, 1.54) is 11.8 Å². The molecule has 0 aliphatic carbocycles. The Labute approximate surface area is 156 Å². The molecule has 2 aliphatic rings. The van der Waals surface area contributed by atoms with Gasteiger partial charge in [-0.15, -0.1) is 0 Å². The molecular weight excluding hydrogens is 356 g/mol. The summed E-state index contributed by atoms with van der Waals surface area (Å²) in [6, 6.07) is 0. The monoisotopic (exact) mass is 380 g/mol. The minimum atomic E-state index is -1.04. The number of carboxylic acid groups (broad SMARTS) is 1. The average molecular weight is 380 g/mol.